The lowest BCUT2D eigenvalue weighted by Gasteiger charge is -2.10. The van der Waals surface area contributed by atoms with Gasteiger partial charge in [-0.15, -0.1) is 0 Å². The lowest BCUT2D eigenvalue weighted by atomic mass is 10.2. The largest absolute Gasteiger partial charge is 0.490 e. The van der Waals surface area contributed by atoms with Gasteiger partial charge in [-0.3, -0.25) is 0 Å². The molecule has 21 heavy (non-hydrogen) atoms. The van der Waals surface area contributed by atoms with Gasteiger partial charge in [-0.2, -0.15) is 0 Å². The summed E-state index contributed by atoms with van der Waals surface area (Å²) in [5, 5.41) is 0. The maximum Gasteiger partial charge on any atom is 0.165 e. The van der Waals surface area contributed by atoms with Crippen LogP contribution in [0, 0.1) is 12.7 Å². The number of rotatable bonds is 6. The van der Waals surface area contributed by atoms with Gasteiger partial charge in [-0.1, -0.05) is 18.3 Å². The molecule has 2 aromatic carbocycles. The summed E-state index contributed by atoms with van der Waals surface area (Å²) in [4.78, 5) is 0.347. The molecule has 0 aromatic heterocycles. The quantitative estimate of drug-likeness (QED) is 0.657. The van der Waals surface area contributed by atoms with Gasteiger partial charge >= 0.3 is 0 Å². The Balaban J connectivity index is 1.81. The third kappa shape index (κ3) is 4.43. The highest BCUT2D eigenvalue weighted by Gasteiger charge is 2.03. The van der Waals surface area contributed by atoms with Gasteiger partial charge in [0.15, 0.2) is 11.6 Å². The molecule has 5 heteroatoms. The molecule has 0 radical (unpaired) electrons. The van der Waals surface area contributed by atoms with Crippen LogP contribution >= 0.6 is 12.2 Å². The van der Waals surface area contributed by atoms with E-state index in [0.29, 0.717) is 17.3 Å². The number of benzene rings is 2. The second kappa shape index (κ2) is 7.04. The Morgan fingerprint density at radius 2 is 1.76 bits per heavy atom. The van der Waals surface area contributed by atoms with Crippen LogP contribution in [-0.4, -0.2) is 18.2 Å². The highest BCUT2D eigenvalue weighted by molar-refractivity contribution is 7.80. The van der Waals surface area contributed by atoms with Crippen LogP contribution in [0.1, 0.15) is 11.1 Å². The highest BCUT2D eigenvalue weighted by atomic mass is 32.1. The topological polar surface area (TPSA) is 44.5 Å². The first-order valence-corrected chi connectivity index (χ1v) is 6.89. The lowest BCUT2D eigenvalue weighted by molar-refractivity contribution is 0.211. The standard InChI is InChI=1S/C16H16FNO2S/c1-11-2-7-14(17)15(10-11)20-9-8-19-13-5-3-12(4-6-13)16(18)21/h2-7,10H,8-9H2,1H3,(H2,18,21). The van der Waals surface area contributed by atoms with Crippen molar-refractivity contribution in [2.45, 2.75) is 6.92 Å². The Kier molecular flexibility index (Phi) is 5.11. The van der Waals surface area contributed by atoms with Crippen LogP contribution in [0.25, 0.3) is 0 Å². The first-order chi connectivity index (χ1) is 10.1. The van der Waals surface area contributed by atoms with E-state index < -0.39 is 0 Å². The predicted molar refractivity (Wildman–Crippen MR) is 84.5 cm³/mol. The molecule has 0 aliphatic carbocycles. The second-order valence-electron chi connectivity index (χ2n) is 4.52. The number of aryl methyl sites for hydroxylation is 1. The average Bonchev–Trinajstić information content (AvgIpc) is 2.47. The maximum absolute atomic E-state index is 13.5. The molecule has 0 heterocycles. The van der Waals surface area contributed by atoms with Crippen LogP contribution in [0.5, 0.6) is 11.5 Å². The Morgan fingerprint density at radius 1 is 1.10 bits per heavy atom. The van der Waals surface area contributed by atoms with Crippen LogP contribution in [-0.2, 0) is 0 Å². The van der Waals surface area contributed by atoms with Crippen molar-refractivity contribution in [3.63, 3.8) is 0 Å². The summed E-state index contributed by atoms with van der Waals surface area (Å²) in [6, 6.07) is 11.9. The van der Waals surface area contributed by atoms with Crippen molar-refractivity contribution in [2.75, 3.05) is 13.2 Å². The molecule has 0 amide bonds. The minimum atomic E-state index is -0.374. The van der Waals surface area contributed by atoms with E-state index in [4.69, 9.17) is 27.4 Å². The third-order valence-corrected chi connectivity index (χ3v) is 3.07. The summed E-state index contributed by atoms with van der Waals surface area (Å²) in [7, 11) is 0. The zero-order valence-electron chi connectivity index (χ0n) is 11.6. The molecular formula is C16H16FNO2S. The molecule has 0 spiro atoms. The van der Waals surface area contributed by atoms with Crippen LogP contribution < -0.4 is 15.2 Å². The van der Waals surface area contributed by atoms with E-state index in [9.17, 15) is 4.39 Å². The molecule has 0 bridgehead atoms. The Labute approximate surface area is 128 Å². The van der Waals surface area contributed by atoms with Crippen LogP contribution in [0.4, 0.5) is 4.39 Å². The molecule has 0 aliphatic heterocycles. The van der Waals surface area contributed by atoms with Crippen molar-refractivity contribution in [2.24, 2.45) is 5.73 Å². The van der Waals surface area contributed by atoms with Gasteiger partial charge in [0.05, 0.1) is 0 Å². The molecule has 0 saturated heterocycles. The van der Waals surface area contributed by atoms with Gasteiger partial charge in [-0.05, 0) is 48.9 Å². The molecular weight excluding hydrogens is 289 g/mol. The van der Waals surface area contributed by atoms with E-state index in [2.05, 4.69) is 0 Å². The minimum absolute atomic E-state index is 0.238. The van der Waals surface area contributed by atoms with E-state index >= 15 is 0 Å². The van der Waals surface area contributed by atoms with E-state index in [0.717, 1.165) is 11.1 Å². The number of halogens is 1. The van der Waals surface area contributed by atoms with Crippen LogP contribution in [0.2, 0.25) is 0 Å². The fourth-order valence-corrected chi connectivity index (χ4v) is 1.88. The van der Waals surface area contributed by atoms with E-state index in [1.807, 2.05) is 6.92 Å². The summed E-state index contributed by atoms with van der Waals surface area (Å²) in [6.45, 7) is 2.46. The normalized spacial score (nSPS) is 10.2. The molecule has 2 N–H and O–H groups in total. The zero-order chi connectivity index (χ0) is 15.2. The van der Waals surface area contributed by atoms with Crippen molar-refractivity contribution in [1.29, 1.82) is 0 Å². The molecule has 3 nitrogen and oxygen atoms in total. The maximum atomic E-state index is 13.5. The molecule has 0 aliphatic rings. The first kappa shape index (κ1) is 15.3. The summed E-state index contributed by atoms with van der Waals surface area (Å²) >= 11 is 4.87. The first-order valence-electron chi connectivity index (χ1n) is 6.48. The van der Waals surface area contributed by atoms with Gasteiger partial charge in [-0.25, -0.2) is 4.39 Å². The molecule has 0 fully saturated rings. The Morgan fingerprint density at radius 3 is 2.43 bits per heavy atom. The molecule has 2 rings (SSSR count). The van der Waals surface area contributed by atoms with Gasteiger partial charge in [0.1, 0.15) is 24.0 Å². The zero-order valence-corrected chi connectivity index (χ0v) is 12.5. The molecule has 0 saturated carbocycles. The summed E-state index contributed by atoms with van der Waals surface area (Å²) < 4.78 is 24.3. The molecule has 0 atom stereocenters. The average molecular weight is 305 g/mol. The summed E-state index contributed by atoms with van der Waals surface area (Å²) in [5.41, 5.74) is 7.24. The number of hydrogen-bond acceptors (Lipinski definition) is 3. The van der Waals surface area contributed by atoms with Crippen molar-refractivity contribution in [3.8, 4) is 11.5 Å². The monoisotopic (exact) mass is 305 g/mol. The smallest absolute Gasteiger partial charge is 0.165 e. The third-order valence-electron chi connectivity index (χ3n) is 2.84. The summed E-state index contributed by atoms with van der Waals surface area (Å²) in [5.74, 6) is 0.548. The number of ether oxygens (including phenoxy) is 2. The number of nitrogens with two attached hydrogens (primary N) is 1. The van der Waals surface area contributed by atoms with Gasteiger partial charge in [0.2, 0.25) is 0 Å². The highest BCUT2D eigenvalue weighted by Crippen LogP contribution is 2.18. The van der Waals surface area contributed by atoms with Crippen molar-refractivity contribution in [1.82, 2.24) is 0 Å². The van der Waals surface area contributed by atoms with Crippen LogP contribution in [0.3, 0.4) is 0 Å². The molecule has 110 valence electrons. The van der Waals surface area contributed by atoms with Crippen molar-refractivity contribution >= 4 is 17.2 Å². The van der Waals surface area contributed by atoms with Gasteiger partial charge in [0.25, 0.3) is 0 Å². The van der Waals surface area contributed by atoms with Gasteiger partial charge in [0, 0.05) is 5.56 Å². The SMILES string of the molecule is Cc1ccc(F)c(OCCOc2ccc(C(N)=S)cc2)c1. The lowest BCUT2D eigenvalue weighted by Crippen LogP contribution is -2.11. The van der Waals surface area contributed by atoms with E-state index in [1.54, 1.807) is 36.4 Å². The molecule has 0 unspecified atom stereocenters. The summed E-state index contributed by atoms with van der Waals surface area (Å²) in [6.07, 6.45) is 0. The van der Waals surface area contributed by atoms with Gasteiger partial charge < -0.3 is 15.2 Å². The number of thiocarbonyl (C=S) groups is 1. The Hall–Kier alpha value is -2.14. The second-order valence-corrected chi connectivity index (χ2v) is 4.96. The Bertz CT molecular complexity index is 629. The minimum Gasteiger partial charge on any atom is -0.490 e. The fraction of sp³-hybridized carbons (Fsp3) is 0.188. The van der Waals surface area contributed by atoms with Crippen molar-refractivity contribution < 1.29 is 13.9 Å². The predicted octanol–water partition coefficient (Wildman–Crippen LogP) is 3.23. The molecule has 2 aromatic rings. The fourth-order valence-electron chi connectivity index (χ4n) is 1.75. The van der Waals surface area contributed by atoms with Crippen molar-refractivity contribution in [3.05, 3.63) is 59.4 Å². The van der Waals surface area contributed by atoms with E-state index in [-0.39, 0.29) is 18.2 Å². The van der Waals surface area contributed by atoms with E-state index in [1.165, 1.54) is 6.07 Å². The number of hydrogen-bond donors (Lipinski definition) is 1. The van der Waals surface area contributed by atoms with Crippen LogP contribution in [0.15, 0.2) is 42.5 Å².